The van der Waals surface area contributed by atoms with Gasteiger partial charge in [0.1, 0.15) is 0 Å². The smallest absolute Gasteiger partial charge is 0.0506 e. The molecular weight excluding hydrogens is 144 g/mol. The SMILES string of the molecule is [CH2]COCCc1ccsc1. The van der Waals surface area contributed by atoms with Crippen LogP contribution in [-0.2, 0) is 11.2 Å². The molecule has 1 heterocycles. The maximum Gasteiger partial charge on any atom is 0.0506 e. The molecule has 1 aromatic heterocycles. The fraction of sp³-hybridized carbons (Fsp3) is 0.375. The summed E-state index contributed by atoms with van der Waals surface area (Å²) in [7, 11) is 0. The van der Waals surface area contributed by atoms with E-state index < -0.39 is 0 Å². The summed E-state index contributed by atoms with van der Waals surface area (Å²) in [5.74, 6) is 0. The summed E-state index contributed by atoms with van der Waals surface area (Å²) in [6.45, 7) is 4.95. The molecule has 0 saturated heterocycles. The molecule has 1 rings (SSSR count). The van der Waals surface area contributed by atoms with Gasteiger partial charge in [-0.25, -0.2) is 0 Å². The fourth-order valence-electron chi connectivity index (χ4n) is 0.727. The van der Waals surface area contributed by atoms with Crippen LogP contribution < -0.4 is 0 Å². The molecule has 0 bridgehead atoms. The molecule has 0 spiro atoms. The monoisotopic (exact) mass is 155 g/mol. The maximum atomic E-state index is 5.10. The number of ether oxygens (including phenoxy) is 1. The van der Waals surface area contributed by atoms with Gasteiger partial charge in [-0.1, -0.05) is 0 Å². The molecule has 0 aliphatic heterocycles. The standard InChI is InChI=1S/C8H11OS/c1-2-9-5-3-8-4-6-10-7-8/h4,6-7H,1-3,5H2. The zero-order valence-corrected chi connectivity index (χ0v) is 6.69. The van der Waals surface area contributed by atoms with Crippen LogP contribution in [0.15, 0.2) is 16.8 Å². The molecule has 0 amide bonds. The third-order valence-electron chi connectivity index (χ3n) is 1.26. The van der Waals surface area contributed by atoms with Crippen molar-refractivity contribution in [3.8, 4) is 0 Å². The Morgan fingerprint density at radius 1 is 1.60 bits per heavy atom. The lowest BCUT2D eigenvalue weighted by Gasteiger charge is -1.96. The van der Waals surface area contributed by atoms with Gasteiger partial charge >= 0.3 is 0 Å². The number of thiophene rings is 1. The van der Waals surface area contributed by atoms with Crippen molar-refractivity contribution in [1.82, 2.24) is 0 Å². The van der Waals surface area contributed by atoms with E-state index in [1.807, 2.05) is 0 Å². The van der Waals surface area contributed by atoms with E-state index in [2.05, 4.69) is 23.8 Å². The molecule has 0 aliphatic rings. The summed E-state index contributed by atoms with van der Waals surface area (Å²) < 4.78 is 5.10. The second-order valence-electron chi connectivity index (χ2n) is 1.99. The molecule has 55 valence electrons. The molecule has 0 aliphatic carbocycles. The molecule has 0 N–H and O–H groups in total. The predicted octanol–water partition coefficient (Wildman–Crippen LogP) is 2.14. The van der Waals surface area contributed by atoms with Gasteiger partial charge in [0.05, 0.1) is 6.61 Å². The number of hydrogen-bond acceptors (Lipinski definition) is 2. The van der Waals surface area contributed by atoms with Gasteiger partial charge in [0.15, 0.2) is 0 Å². The Hall–Kier alpha value is -0.340. The molecule has 10 heavy (non-hydrogen) atoms. The van der Waals surface area contributed by atoms with Crippen molar-refractivity contribution in [2.75, 3.05) is 13.2 Å². The van der Waals surface area contributed by atoms with Crippen molar-refractivity contribution < 1.29 is 4.74 Å². The van der Waals surface area contributed by atoms with E-state index in [0.717, 1.165) is 13.0 Å². The van der Waals surface area contributed by atoms with Crippen LogP contribution in [0, 0.1) is 6.92 Å². The van der Waals surface area contributed by atoms with E-state index >= 15 is 0 Å². The summed E-state index contributed by atoms with van der Waals surface area (Å²) in [5.41, 5.74) is 1.36. The first-order valence-corrected chi connectivity index (χ1v) is 4.26. The first-order chi connectivity index (χ1) is 4.93. The van der Waals surface area contributed by atoms with E-state index in [1.165, 1.54) is 5.56 Å². The normalized spacial score (nSPS) is 10.1. The van der Waals surface area contributed by atoms with Gasteiger partial charge in [0, 0.05) is 6.61 Å². The molecule has 2 heteroatoms. The van der Waals surface area contributed by atoms with Crippen molar-refractivity contribution in [3.63, 3.8) is 0 Å². The molecule has 1 radical (unpaired) electrons. The van der Waals surface area contributed by atoms with Gasteiger partial charge in [-0.2, -0.15) is 11.3 Å². The van der Waals surface area contributed by atoms with E-state index in [-0.39, 0.29) is 0 Å². The molecule has 0 saturated carbocycles. The third kappa shape index (κ3) is 2.50. The lowest BCUT2D eigenvalue weighted by atomic mass is 10.3. The topological polar surface area (TPSA) is 9.23 Å². The first kappa shape index (κ1) is 7.76. The first-order valence-electron chi connectivity index (χ1n) is 3.31. The Morgan fingerprint density at radius 3 is 3.10 bits per heavy atom. The summed E-state index contributed by atoms with van der Waals surface area (Å²) in [4.78, 5) is 0. The molecule has 0 atom stereocenters. The van der Waals surface area contributed by atoms with E-state index in [0.29, 0.717) is 6.61 Å². The minimum atomic E-state index is 0.574. The van der Waals surface area contributed by atoms with Gasteiger partial charge in [-0.3, -0.25) is 0 Å². The van der Waals surface area contributed by atoms with Crippen molar-refractivity contribution in [1.29, 1.82) is 0 Å². The van der Waals surface area contributed by atoms with Gasteiger partial charge in [-0.05, 0) is 35.7 Å². The second-order valence-corrected chi connectivity index (χ2v) is 2.77. The summed E-state index contributed by atoms with van der Waals surface area (Å²) >= 11 is 1.73. The molecule has 0 fully saturated rings. The van der Waals surface area contributed by atoms with Crippen LogP contribution in [0.25, 0.3) is 0 Å². The largest absolute Gasteiger partial charge is 0.381 e. The van der Waals surface area contributed by atoms with Gasteiger partial charge in [0.25, 0.3) is 0 Å². The molecule has 1 nitrogen and oxygen atoms in total. The lowest BCUT2D eigenvalue weighted by molar-refractivity contribution is 0.164. The average molecular weight is 155 g/mol. The van der Waals surface area contributed by atoms with Gasteiger partial charge in [-0.15, -0.1) is 0 Å². The molecular formula is C8H11OS. The van der Waals surface area contributed by atoms with Crippen LogP contribution in [0.1, 0.15) is 5.56 Å². The zero-order chi connectivity index (χ0) is 7.23. The maximum absolute atomic E-state index is 5.10. The van der Waals surface area contributed by atoms with E-state index in [1.54, 1.807) is 11.3 Å². The Morgan fingerprint density at radius 2 is 2.50 bits per heavy atom. The molecule has 0 aromatic carbocycles. The van der Waals surface area contributed by atoms with Gasteiger partial charge in [0.2, 0.25) is 0 Å². The second kappa shape index (κ2) is 4.47. The van der Waals surface area contributed by atoms with Crippen LogP contribution in [0.5, 0.6) is 0 Å². The summed E-state index contributed by atoms with van der Waals surface area (Å²) in [6.07, 6.45) is 1.01. The Bertz CT molecular complexity index is 158. The van der Waals surface area contributed by atoms with Crippen LogP contribution in [-0.4, -0.2) is 13.2 Å². The van der Waals surface area contributed by atoms with Gasteiger partial charge < -0.3 is 4.74 Å². The van der Waals surface area contributed by atoms with Crippen molar-refractivity contribution in [2.24, 2.45) is 0 Å². The molecule has 1 aromatic rings. The Kier molecular flexibility index (Phi) is 3.47. The highest BCUT2D eigenvalue weighted by Crippen LogP contribution is 2.06. The Balaban J connectivity index is 2.15. The van der Waals surface area contributed by atoms with Crippen LogP contribution >= 0.6 is 11.3 Å². The Labute approximate surface area is 65.6 Å². The van der Waals surface area contributed by atoms with Crippen molar-refractivity contribution in [2.45, 2.75) is 6.42 Å². The zero-order valence-electron chi connectivity index (χ0n) is 5.88. The highest BCUT2D eigenvalue weighted by Gasteiger charge is 1.90. The van der Waals surface area contributed by atoms with Crippen LogP contribution in [0.4, 0.5) is 0 Å². The number of hydrogen-bond donors (Lipinski definition) is 0. The predicted molar refractivity (Wildman–Crippen MR) is 44.2 cm³/mol. The minimum absolute atomic E-state index is 0.574. The van der Waals surface area contributed by atoms with Crippen molar-refractivity contribution >= 4 is 11.3 Å². The summed E-state index contributed by atoms with van der Waals surface area (Å²) in [5, 5.41) is 4.23. The number of rotatable bonds is 4. The molecule has 0 unspecified atom stereocenters. The lowest BCUT2D eigenvalue weighted by Crippen LogP contribution is -1.96. The fourth-order valence-corrected chi connectivity index (χ4v) is 1.43. The van der Waals surface area contributed by atoms with E-state index in [4.69, 9.17) is 4.74 Å². The van der Waals surface area contributed by atoms with Crippen molar-refractivity contribution in [3.05, 3.63) is 29.3 Å². The van der Waals surface area contributed by atoms with Crippen LogP contribution in [0.2, 0.25) is 0 Å². The minimum Gasteiger partial charge on any atom is -0.381 e. The van der Waals surface area contributed by atoms with Crippen LogP contribution in [0.3, 0.4) is 0 Å². The van der Waals surface area contributed by atoms with E-state index in [9.17, 15) is 0 Å². The average Bonchev–Trinajstić information content (AvgIpc) is 2.41. The third-order valence-corrected chi connectivity index (χ3v) is 1.99. The quantitative estimate of drug-likeness (QED) is 0.605. The highest BCUT2D eigenvalue weighted by molar-refractivity contribution is 7.07. The summed E-state index contributed by atoms with van der Waals surface area (Å²) in [6, 6.07) is 2.12. The highest BCUT2D eigenvalue weighted by atomic mass is 32.1.